The number of hydrogen-bond donors (Lipinski definition) is 0. The standard InChI is InChI=1S/C14H21ClN2O2/c1-3-5-10-16(4-2)11-14(15)12-6-8-13(9-7-12)17(18)19/h6-9,14H,3-5,10-11H2,1-2H3. The number of benzene rings is 1. The van der Waals surface area contributed by atoms with Gasteiger partial charge in [0.1, 0.15) is 0 Å². The van der Waals surface area contributed by atoms with Crippen molar-refractivity contribution in [2.45, 2.75) is 32.1 Å². The van der Waals surface area contributed by atoms with Crippen LogP contribution in [0.15, 0.2) is 24.3 Å². The van der Waals surface area contributed by atoms with Gasteiger partial charge in [0, 0.05) is 18.7 Å². The van der Waals surface area contributed by atoms with Gasteiger partial charge in [-0.25, -0.2) is 0 Å². The van der Waals surface area contributed by atoms with E-state index in [0.717, 1.165) is 31.6 Å². The number of alkyl halides is 1. The predicted octanol–water partition coefficient (Wildman–Crippen LogP) is 4.00. The Morgan fingerprint density at radius 2 is 1.95 bits per heavy atom. The van der Waals surface area contributed by atoms with Crippen LogP contribution in [0.4, 0.5) is 5.69 Å². The lowest BCUT2D eigenvalue weighted by Crippen LogP contribution is -2.28. The zero-order valence-electron chi connectivity index (χ0n) is 11.5. The quantitative estimate of drug-likeness (QED) is 0.412. The van der Waals surface area contributed by atoms with Gasteiger partial charge >= 0.3 is 0 Å². The molecular formula is C14H21ClN2O2. The van der Waals surface area contributed by atoms with Gasteiger partial charge in [-0.2, -0.15) is 0 Å². The van der Waals surface area contributed by atoms with Crippen molar-refractivity contribution >= 4 is 17.3 Å². The first-order valence-corrected chi connectivity index (χ1v) is 7.12. The third kappa shape index (κ3) is 5.17. The van der Waals surface area contributed by atoms with Crippen LogP contribution in [0.2, 0.25) is 0 Å². The Morgan fingerprint density at radius 1 is 1.32 bits per heavy atom. The zero-order valence-corrected chi connectivity index (χ0v) is 12.3. The summed E-state index contributed by atoms with van der Waals surface area (Å²) in [6, 6.07) is 6.49. The number of halogens is 1. The fraction of sp³-hybridized carbons (Fsp3) is 0.571. The highest BCUT2D eigenvalue weighted by Gasteiger charge is 2.14. The molecule has 0 fully saturated rings. The van der Waals surface area contributed by atoms with Gasteiger partial charge in [-0.05, 0) is 25.1 Å². The lowest BCUT2D eigenvalue weighted by atomic mass is 10.1. The third-order valence-corrected chi connectivity index (χ3v) is 3.55. The van der Waals surface area contributed by atoms with Gasteiger partial charge in [-0.1, -0.05) is 32.4 Å². The number of rotatable bonds is 8. The van der Waals surface area contributed by atoms with Gasteiger partial charge in [0.15, 0.2) is 0 Å². The molecule has 106 valence electrons. The minimum Gasteiger partial charge on any atom is -0.302 e. The number of non-ortho nitro benzene ring substituents is 1. The minimum absolute atomic E-state index is 0.103. The smallest absolute Gasteiger partial charge is 0.269 e. The summed E-state index contributed by atoms with van der Waals surface area (Å²) < 4.78 is 0. The molecule has 0 saturated carbocycles. The Morgan fingerprint density at radius 3 is 2.42 bits per heavy atom. The zero-order chi connectivity index (χ0) is 14.3. The molecular weight excluding hydrogens is 264 g/mol. The molecule has 1 aromatic rings. The largest absolute Gasteiger partial charge is 0.302 e. The molecule has 0 bridgehead atoms. The summed E-state index contributed by atoms with van der Waals surface area (Å²) in [5.74, 6) is 0. The van der Waals surface area contributed by atoms with Gasteiger partial charge in [0.05, 0.1) is 10.3 Å². The minimum atomic E-state index is -0.396. The number of hydrogen-bond acceptors (Lipinski definition) is 3. The van der Waals surface area contributed by atoms with Crippen LogP contribution < -0.4 is 0 Å². The Hall–Kier alpha value is -1.13. The fourth-order valence-corrected chi connectivity index (χ4v) is 2.24. The summed E-state index contributed by atoms with van der Waals surface area (Å²) in [5.41, 5.74) is 1.04. The van der Waals surface area contributed by atoms with Crippen molar-refractivity contribution in [1.82, 2.24) is 4.90 Å². The van der Waals surface area contributed by atoms with Crippen molar-refractivity contribution < 1.29 is 4.92 Å². The maximum absolute atomic E-state index is 10.6. The summed E-state index contributed by atoms with van der Waals surface area (Å²) >= 11 is 6.38. The van der Waals surface area contributed by atoms with Crippen LogP contribution in [-0.2, 0) is 0 Å². The summed E-state index contributed by atoms with van der Waals surface area (Å²) in [7, 11) is 0. The normalized spacial score (nSPS) is 12.6. The molecule has 0 amide bonds. The summed E-state index contributed by atoms with van der Waals surface area (Å²) in [6.07, 6.45) is 2.33. The number of nitro groups is 1. The van der Waals surface area contributed by atoms with Crippen LogP contribution in [0, 0.1) is 10.1 Å². The van der Waals surface area contributed by atoms with Crippen LogP contribution in [0.25, 0.3) is 0 Å². The molecule has 0 aliphatic carbocycles. The van der Waals surface area contributed by atoms with E-state index >= 15 is 0 Å². The monoisotopic (exact) mass is 284 g/mol. The van der Waals surface area contributed by atoms with Gasteiger partial charge in [0.2, 0.25) is 0 Å². The predicted molar refractivity (Wildman–Crippen MR) is 78.7 cm³/mol. The fourth-order valence-electron chi connectivity index (χ4n) is 1.90. The molecule has 1 aromatic carbocycles. The van der Waals surface area contributed by atoms with Crippen LogP contribution in [0.1, 0.15) is 37.6 Å². The maximum Gasteiger partial charge on any atom is 0.269 e. The molecule has 4 nitrogen and oxygen atoms in total. The van der Waals surface area contributed by atoms with E-state index in [2.05, 4.69) is 18.7 Å². The Labute approximate surface area is 119 Å². The second-order valence-corrected chi connectivity index (χ2v) is 5.09. The lowest BCUT2D eigenvalue weighted by Gasteiger charge is -2.23. The van der Waals surface area contributed by atoms with Crippen LogP contribution in [0.5, 0.6) is 0 Å². The Balaban J connectivity index is 2.60. The SMILES string of the molecule is CCCCN(CC)CC(Cl)c1ccc([N+](=O)[O-])cc1. The molecule has 5 heteroatoms. The van der Waals surface area contributed by atoms with Crippen molar-refractivity contribution in [3.05, 3.63) is 39.9 Å². The van der Waals surface area contributed by atoms with Crippen LogP contribution in [0.3, 0.4) is 0 Å². The molecule has 0 heterocycles. The first kappa shape index (κ1) is 15.9. The van der Waals surface area contributed by atoms with E-state index < -0.39 is 4.92 Å². The second kappa shape index (κ2) is 8.12. The maximum atomic E-state index is 10.6. The topological polar surface area (TPSA) is 46.4 Å². The summed E-state index contributed by atoms with van der Waals surface area (Å²) in [6.45, 7) is 7.08. The molecule has 19 heavy (non-hydrogen) atoms. The second-order valence-electron chi connectivity index (χ2n) is 4.56. The van der Waals surface area contributed by atoms with E-state index in [4.69, 9.17) is 11.6 Å². The Bertz CT molecular complexity index is 395. The highest BCUT2D eigenvalue weighted by molar-refractivity contribution is 6.21. The first-order valence-electron chi connectivity index (χ1n) is 6.69. The lowest BCUT2D eigenvalue weighted by molar-refractivity contribution is -0.384. The van der Waals surface area contributed by atoms with Crippen molar-refractivity contribution in [3.8, 4) is 0 Å². The van der Waals surface area contributed by atoms with Gasteiger partial charge in [-0.15, -0.1) is 11.6 Å². The molecule has 0 aromatic heterocycles. The summed E-state index contributed by atoms with van der Waals surface area (Å²) in [4.78, 5) is 12.5. The van der Waals surface area contributed by atoms with E-state index in [1.807, 2.05) is 0 Å². The molecule has 0 N–H and O–H groups in total. The van der Waals surface area contributed by atoms with Crippen LogP contribution >= 0.6 is 11.6 Å². The van der Waals surface area contributed by atoms with E-state index in [-0.39, 0.29) is 11.1 Å². The highest BCUT2D eigenvalue weighted by atomic mass is 35.5. The average molecular weight is 285 g/mol. The molecule has 1 atom stereocenters. The molecule has 1 rings (SSSR count). The Kier molecular flexibility index (Phi) is 6.81. The first-order chi connectivity index (χ1) is 9.08. The molecule has 1 unspecified atom stereocenters. The molecule has 0 radical (unpaired) electrons. The van der Waals surface area contributed by atoms with Crippen molar-refractivity contribution in [3.63, 3.8) is 0 Å². The van der Waals surface area contributed by atoms with E-state index in [0.29, 0.717) is 0 Å². The highest BCUT2D eigenvalue weighted by Crippen LogP contribution is 2.24. The average Bonchev–Trinajstić information content (AvgIpc) is 2.43. The van der Waals surface area contributed by atoms with E-state index in [1.54, 1.807) is 12.1 Å². The molecule has 0 aliphatic heterocycles. The van der Waals surface area contributed by atoms with E-state index in [1.165, 1.54) is 18.6 Å². The number of nitro benzene ring substituents is 1. The van der Waals surface area contributed by atoms with Gasteiger partial charge < -0.3 is 4.90 Å². The molecule has 0 aliphatic rings. The van der Waals surface area contributed by atoms with Crippen molar-refractivity contribution in [2.24, 2.45) is 0 Å². The van der Waals surface area contributed by atoms with Crippen LogP contribution in [-0.4, -0.2) is 29.5 Å². The van der Waals surface area contributed by atoms with Gasteiger partial charge in [0.25, 0.3) is 5.69 Å². The number of likely N-dealkylation sites (N-methyl/N-ethyl adjacent to an activating group) is 1. The molecule has 0 saturated heterocycles. The number of nitrogens with zero attached hydrogens (tertiary/aromatic N) is 2. The molecule has 0 spiro atoms. The third-order valence-electron chi connectivity index (χ3n) is 3.16. The summed E-state index contributed by atoms with van der Waals surface area (Å²) in [5, 5.41) is 10.5. The van der Waals surface area contributed by atoms with Crippen molar-refractivity contribution in [2.75, 3.05) is 19.6 Å². The van der Waals surface area contributed by atoms with E-state index in [9.17, 15) is 10.1 Å². The van der Waals surface area contributed by atoms with Crippen molar-refractivity contribution in [1.29, 1.82) is 0 Å². The number of unbranched alkanes of at least 4 members (excludes halogenated alkanes) is 1. The van der Waals surface area contributed by atoms with Gasteiger partial charge in [-0.3, -0.25) is 10.1 Å².